The van der Waals surface area contributed by atoms with Crippen LogP contribution in [0.25, 0.3) is 0 Å². The van der Waals surface area contributed by atoms with Crippen LogP contribution in [0.1, 0.15) is 44.9 Å². The van der Waals surface area contributed by atoms with Gasteiger partial charge in [-0.15, -0.1) is 0 Å². The van der Waals surface area contributed by atoms with Crippen molar-refractivity contribution in [1.82, 2.24) is 4.90 Å². The van der Waals surface area contributed by atoms with Crippen molar-refractivity contribution in [2.24, 2.45) is 5.73 Å². The fourth-order valence-electron chi connectivity index (χ4n) is 1.98. The zero-order chi connectivity index (χ0) is 13.0. The maximum atomic E-state index is 6.33. The highest BCUT2D eigenvalue weighted by molar-refractivity contribution is 5.25. The van der Waals surface area contributed by atoms with Crippen molar-refractivity contribution in [1.29, 1.82) is 0 Å². The van der Waals surface area contributed by atoms with E-state index in [9.17, 15) is 0 Å². The smallest absolute Gasteiger partial charge is 0.0450 e. The Hall–Kier alpha value is -0.860. The lowest BCUT2D eigenvalue weighted by Gasteiger charge is -2.33. The molecule has 2 heteroatoms. The summed E-state index contributed by atoms with van der Waals surface area (Å²) in [5.74, 6) is 0. The summed E-state index contributed by atoms with van der Waals surface area (Å²) in [5, 5.41) is 0. The van der Waals surface area contributed by atoms with E-state index in [-0.39, 0.29) is 6.04 Å². The van der Waals surface area contributed by atoms with Crippen LogP contribution in [0.4, 0.5) is 0 Å². The molecule has 0 saturated heterocycles. The molecule has 0 aliphatic rings. The van der Waals surface area contributed by atoms with E-state index in [1.165, 1.54) is 11.1 Å². The molecule has 0 radical (unpaired) electrons. The lowest BCUT2D eigenvalue weighted by atomic mass is 9.98. The monoisotopic (exact) mass is 234 g/mol. The predicted molar refractivity (Wildman–Crippen MR) is 75.1 cm³/mol. The van der Waals surface area contributed by atoms with E-state index in [1.807, 2.05) is 0 Å². The molecule has 1 aromatic carbocycles. The molecule has 2 N–H and O–H groups in total. The van der Waals surface area contributed by atoms with Crippen molar-refractivity contribution in [2.45, 2.75) is 52.2 Å². The van der Waals surface area contributed by atoms with Crippen molar-refractivity contribution in [3.05, 3.63) is 35.4 Å². The minimum Gasteiger partial charge on any atom is -0.323 e. The molecule has 1 aromatic rings. The molecule has 96 valence electrons. The third-order valence-corrected chi connectivity index (χ3v) is 3.75. The Bertz CT molecular complexity index is 329. The normalized spacial score (nSPS) is 15.3. The molecule has 0 heterocycles. The van der Waals surface area contributed by atoms with E-state index in [4.69, 9.17) is 5.73 Å². The Morgan fingerprint density at radius 1 is 1.12 bits per heavy atom. The third kappa shape index (κ3) is 3.55. The minimum absolute atomic E-state index is 0.0771. The van der Waals surface area contributed by atoms with Gasteiger partial charge in [0.1, 0.15) is 0 Å². The highest BCUT2D eigenvalue weighted by atomic mass is 15.2. The maximum Gasteiger partial charge on any atom is 0.0450 e. The van der Waals surface area contributed by atoms with Gasteiger partial charge in [-0.05, 0) is 45.4 Å². The number of hydrogen-bond acceptors (Lipinski definition) is 2. The molecule has 0 spiro atoms. The van der Waals surface area contributed by atoms with Crippen molar-refractivity contribution in [3.63, 3.8) is 0 Å². The number of likely N-dealkylation sites (N-methyl/N-ethyl adjacent to an activating group) is 1. The van der Waals surface area contributed by atoms with Gasteiger partial charge in [-0.3, -0.25) is 4.90 Å². The molecule has 0 amide bonds. The van der Waals surface area contributed by atoms with Crippen LogP contribution in [0.15, 0.2) is 24.3 Å². The van der Waals surface area contributed by atoms with Crippen LogP contribution >= 0.6 is 0 Å². The van der Waals surface area contributed by atoms with E-state index in [0.29, 0.717) is 12.1 Å². The van der Waals surface area contributed by atoms with Gasteiger partial charge in [-0.25, -0.2) is 0 Å². The van der Waals surface area contributed by atoms with E-state index in [1.54, 1.807) is 0 Å². The summed E-state index contributed by atoms with van der Waals surface area (Å²) in [6.45, 7) is 8.76. The molecular weight excluding hydrogens is 208 g/mol. The average molecular weight is 234 g/mol. The average Bonchev–Trinajstić information content (AvgIpc) is 2.36. The predicted octanol–water partition coefficient (Wildman–Crippen LogP) is 2.98. The molecule has 17 heavy (non-hydrogen) atoms. The highest BCUT2D eigenvalue weighted by Crippen LogP contribution is 2.19. The highest BCUT2D eigenvalue weighted by Gasteiger charge is 2.20. The van der Waals surface area contributed by atoms with Crippen LogP contribution in [0, 0.1) is 0 Å². The zero-order valence-corrected chi connectivity index (χ0v) is 11.8. The second kappa shape index (κ2) is 6.18. The Kier molecular flexibility index (Phi) is 5.16. The summed E-state index contributed by atoms with van der Waals surface area (Å²) in [7, 11) is 2.13. The lowest BCUT2D eigenvalue weighted by Crippen LogP contribution is -2.42. The topological polar surface area (TPSA) is 29.3 Å². The Morgan fingerprint density at radius 2 is 1.65 bits per heavy atom. The number of hydrogen-bond donors (Lipinski definition) is 1. The Morgan fingerprint density at radius 3 is 2.06 bits per heavy atom. The first kappa shape index (κ1) is 14.2. The molecular formula is C15H26N2. The van der Waals surface area contributed by atoms with Crippen LogP contribution in [-0.2, 0) is 6.42 Å². The summed E-state index contributed by atoms with van der Waals surface area (Å²) in [6, 6.07) is 9.62. The van der Waals surface area contributed by atoms with Gasteiger partial charge in [0.25, 0.3) is 0 Å². The summed E-state index contributed by atoms with van der Waals surface area (Å²) < 4.78 is 0. The van der Waals surface area contributed by atoms with Gasteiger partial charge in [0.15, 0.2) is 0 Å². The van der Waals surface area contributed by atoms with Gasteiger partial charge < -0.3 is 5.73 Å². The molecule has 0 aromatic heterocycles. The molecule has 2 unspecified atom stereocenters. The fourth-order valence-corrected chi connectivity index (χ4v) is 1.98. The van der Waals surface area contributed by atoms with Crippen LogP contribution in [0.2, 0.25) is 0 Å². The summed E-state index contributed by atoms with van der Waals surface area (Å²) in [6.07, 6.45) is 1.08. The van der Waals surface area contributed by atoms with Crippen LogP contribution in [0.5, 0.6) is 0 Å². The van der Waals surface area contributed by atoms with E-state index in [0.717, 1.165) is 6.42 Å². The van der Waals surface area contributed by atoms with E-state index in [2.05, 4.69) is 63.9 Å². The van der Waals surface area contributed by atoms with Gasteiger partial charge in [0, 0.05) is 18.1 Å². The van der Waals surface area contributed by atoms with Gasteiger partial charge in [-0.2, -0.15) is 0 Å². The number of benzene rings is 1. The van der Waals surface area contributed by atoms with E-state index >= 15 is 0 Å². The first-order chi connectivity index (χ1) is 7.97. The summed E-state index contributed by atoms with van der Waals surface area (Å²) in [5.41, 5.74) is 8.92. The first-order valence-corrected chi connectivity index (χ1v) is 6.53. The number of aryl methyl sites for hydroxylation is 1. The molecule has 0 fully saturated rings. The third-order valence-electron chi connectivity index (χ3n) is 3.75. The second-order valence-electron chi connectivity index (χ2n) is 5.12. The van der Waals surface area contributed by atoms with Crippen molar-refractivity contribution >= 4 is 0 Å². The molecule has 1 rings (SSSR count). The van der Waals surface area contributed by atoms with Gasteiger partial charge in [0.05, 0.1) is 0 Å². The molecule has 0 saturated carbocycles. The van der Waals surface area contributed by atoms with Crippen molar-refractivity contribution < 1.29 is 0 Å². The largest absolute Gasteiger partial charge is 0.323 e. The van der Waals surface area contributed by atoms with Gasteiger partial charge in [0.2, 0.25) is 0 Å². The van der Waals surface area contributed by atoms with Crippen LogP contribution < -0.4 is 5.73 Å². The molecule has 0 bridgehead atoms. The van der Waals surface area contributed by atoms with Crippen LogP contribution in [-0.4, -0.2) is 24.0 Å². The molecule has 0 aliphatic heterocycles. The van der Waals surface area contributed by atoms with Crippen molar-refractivity contribution in [2.75, 3.05) is 7.05 Å². The number of nitrogens with two attached hydrogens (primary N) is 1. The van der Waals surface area contributed by atoms with Gasteiger partial charge in [-0.1, -0.05) is 31.2 Å². The SMILES string of the molecule is CCc1ccc(C(N)C(C)N(C)C(C)C)cc1. The number of rotatable bonds is 5. The second-order valence-corrected chi connectivity index (χ2v) is 5.12. The lowest BCUT2D eigenvalue weighted by molar-refractivity contribution is 0.183. The molecule has 2 nitrogen and oxygen atoms in total. The van der Waals surface area contributed by atoms with Crippen LogP contribution in [0.3, 0.4) is 0 Å². The maximum absolute atomic E-state index is 6.33. The Balaban J connectivity index is 2.77. The fraction of sp³-hybridized carbons (Fsp3) is 0.600. The first-order valence-electron chi connectivity index (χ1n) is 6.53. The zero-order valence-electron chi connectivity index (χ0n) is 11.8. The molecule has 0 aliphatic carbocycles. The van der Waals surface area contributed by atoms with Gasteiger partial charge >= 0.3 is 0 Å². The van der Waals surface area contributed by atoms with E-state index < -0.39 is 0 Å². The summed E-state index contributed by atoms with van der Waals surface area (Å²) >= 11 is 0. The number of nitrogens with zero attached hydrogens (tertiary/aromatic N) is 1. The standard InChI is InChI=1S/C15H26N2/c1-6-13-7-9-14(10-8-13)15(16)12(4)17(5)11(2)3/h7-12,15H,6,16H2,1-5H3. The summed E-state index contributed by atoms with van der Waals surface area (Å²) in [4.78, 5) is 2.32. The Labute approximate surface area is 106 Å². The molecule has 2 atom stereocenters. The van der Waals surface area contributed by atoms with Crippen molar-refractivity contribution in [3.8, 4) is 0 Å². The minimum atomic E-state index is 0.0771. The quantitative estimate of drug-likeness (QED) is 0.848.